The van der Waals surface area contributed by atoms with Crippen molar-refractivity contribution in [1.82, 2.24) is 14.9 Å². The van der Waals surface area contributed by atoms with Crippen LogP contribution in [0.4, 0.5) is 0 Å². The van der Waals surface area contributed by atoms with Gasteiger partial charge in [-0.15, -0.1) is 0 Å². The Kier molecular flexibility index (Phi) is 3.93. The van der Waals surface area contributed by atoms with Crippen molar-refractivity contribution in [1.29, 1.82) is 0 Å². The summed E-state index contributed by atoms with van der Waals surface area (Å²) in [6, 6.07) is 10.7. The van der Waals surface area contributed by atoms with E-state index in [1.165, 1.54) is 5.56 Å². The number of H-pyrrole nitrogens is 1. The number of hydrogen-bond acceptors (Lipinski definition) is 4. The molecule has 0 unspecified atom stereocenters. The van der Waals surface area contributed by atoms with E-state index < -0.39 is 0 Å². The molecule has 0 amide bonds. The number of nitrogens with one attached hydrogen (secondary N) is 1. The lowest BCUT2D eigenvalue weighted by atomic mass is 9.87. The Hall–Kier alpha value is -1.69. The lowest BCUT2D eigenvalue weighted by Crippen LogP contribution is -2.42. The quantitative estimate of drug-likeness (QED) is 0.940. The SMILES string of the molecule is CO[C@@H]1CN(Cc2ncc[nH]2)C[C@]12C[C@H](c1ccccc1)CO2. The van der Waals surface area contributed by atoms with E-state index in [-0.39, 0.29) is 11.7 Å². The van der Waals surface area contributed by atoms with Crippen molar-refractivity contribution in [2.75, 3.05) is 26.8 Å². The average Bonchev–Trinajstić information content (AvgIpc) is 3.30. The highest BCUT2D eigenvalue weighted by atomic mass is 16.6. The van der Waals surface area contributed by atoms with Crippen molar-refractivity contribution >= 4 is 0 Å². The first-order valence-corrected chi connectivity index (χ1v) is 8.21. The molecule has 122 valence electrons. The summed E-state index contributed by atoms with van der Waals surface area (Å²) in [6.07, 6.45) is 4.80. The molecule has 0 saturated carbocycles. The van der Waals surface area contributed by atoms with Gasteiger partial charge in [-0.2, -0.15) is 0 Å². The molecule has 5 heteroatoms. The number of methoxy groups -OCH3 is 1. The lowest BCUT2D eigenvalue weighted by Gasteiger charge is -2.28. The van der Waals surface area contributed by atoms with E-state index in [2.05, 4.69) is 45.2 Å². The molecular weight excluding hydrogens is 290 g/mol. The number of rotatable bonds is 4. The van der Waals surface area contributed by atoms with Crippen molar-refractivity contribution < 1.29 is 9.47 Å². The van der Waals surface area contributed by atoms with Crippen LogP contribution in [0, 0.1) is 0 Å². The fourth-order valence-corrected chi connectivity index (χ4v) is 4.03. The van der Waals surface area contributed by atoms with Gasteiger partial charge >= 0.3 is 0 Å². The topological polar surface area (TPSA) is 50.4 Å². The van der Waals surface area contributed by atoms with Crippen LogP contribution in [-0.4, -0.2) is 53.4 Å². The summed E-state index contributed by atoms with van der Waals surface area (Å²) in [5, 5.41) is 0. The zero-order valence-electron chi connectivity index (χ0n) is 13.4. The predicted octanol–water partition coefficient (Wildman–Crippen LogP) is 2.18. The molecule has 3 heterocycles. The van der Waals surface area contributed by atoms with E-state index >= 15 is 0 Å². The minimum absolute atomic E-state index is 0.117. The first-order valence-electron chi connectivity index (χ1n) is 8.21. The summed E-state index contributed by atoms with van der Waals surface area (Å²) in [7, 11) is 1.79. The number of imidazole rings is 1. The maximum Gasteiger partial charge on any atom is 0.120 e. The normalized spacial score (nSPS) is 31.2. The Morgan fingerprint density at radius 1 is 1.39 bits per heavy atom. The number of aromatic nitrogens is 2. The number of nitrogens with zero attached hydrogens (tertiary/aromatic N) is 2. The highest BCUT2D eigenvalue weighted by Gasteiger charge is 2.52. The number of likely N-dealkylation sites (tertiary alicyclic amines) is 1. The van der Waals surface area contributed by atoms with E-state index in [0.29, 0.717) is 5.92 Å². The van der Waals surface area contributed by atoms with Gasteiger partial charge in [0.1, 0.15) is 11.4 Å². The fraction of sp³-hybridized carbons (Fsp3) is 0.500. The molecule has 1 aromatic carbocycles. The number of hydrogen-bond donors (Lipinski definition) is 1. The van der Waals surface area contributed by atoms with Gasteiger partial charge in [0.25, 0.3) is 0 Å². The summed E-state index contributed by atoms with van der Waals surface area (Å²) >= 11 is 0. The van der Waals surface area contributed by atoms with E-state index in [1.807, 2.05) is 6.20 Å². The molecule has 2 aliphatic rings. The van der Waals surface area contributed by atoms with Crippen molar-refractivity contribution in [3.05, 3.63) is 54.1 Å². The molecule has 2 aromatic rings. The van der Waals surface area contributed by atoms with E-state index in [0.717, 1.165) is 38.5 Å². The second kappa shape index (κ2) is 6.07. The average molecular weight is 313 g/mol. The minimum Gasteiger partial charge on any atom is -0.377 e. The highest BCUT2D eigenvalue weighted by molar-refractivity contribution is 5.23. The number of ether oxygens (including phenoxy) is 2. The van der Waals surface area contributed by atoms with Gasteiger partial charge in [-0.3, -0.25) is 4.90 Å². The summed E-state index contributed by atoms with van der Waals surface area (Å²) in [5.41, 5.74) is 1.17. The summed E-state index contributed by atoms with van der Waals surface area (Å²) in [5.74, 6) is 1.45. The van der Waals surface area contributed by atoms with E-state index in [9.17, 15) is 0 Å². The lowest BCUT2D eigenvalue weighted by molar-refractivity contribution is -0.0757. The third kappa shape index (κ3) is 2.80. The molecule has 1 aromatic heterocycles. The van der Waals surface area contributed by atoms with Gasteiger partial charge in [-0.25, -0.2) is 4.98 Å². The van der Waals surface area contributed by atoms with E-state index in [4.69, 9.17) is 9.47 Å². The zero-order chi connectivity index (χ0) is 15.7. The van der Waals surface area contributed by atoms with E-state index in [1.54, 1.807) is 13.3 Å². The Morgan fingerprint density at radius 2 is 2.26 bits per heavy atom. The molecule has 1 N–H and O–H groups in total. The van der Waals surface area contributed by atoms with Gasteiger partial charge in [-0.1, -0.05) is 30.3 Å². The smallest absolute Gasteiger partial charge is 0.120 e. The van der Waals surface area contributed by atoms with Crippen LogP contribution in [0.5, 0.6) is 0 Å². The fourth-order valence-electron chi connectivity index (χ4n) is 4.03. The van der Waals surface area contributed by atoms with Crippen LogP contribution in [0.25, 0.3) is 0 Å². The van der Waals surface area contributed by atoms with Gasteiger partial charge in [0.2, 0.25) is 0 Å². The maximum absolute atomic E-state index is 6.32. The zero-order valence-corrected chi connectivity index (χ0v) is 13.4. The summed E-state index contributed by atoms with van der Waals surface area (Å²) in [6.45, 7) is 3.38. The van der Waals surface area contributed by atoms with Crippen LogP contribution in [0.2, 0.25) is 0 Å². The molecular formula is C18H23N3O2. The van der Waals surface area contributed by atoms with Gasteiger partial charge < -0.3 is 14.5 Å². The van der Waals surface area contributed by atoms with Crippen LogP contribution in [0.15, 0.2) is 42.7 Å². The molecule has 1 spiro atoms. The van der Waals surface area contributed by atoms with Crippen molar-refractivity contribution in [3.63, 3.8) is 0 Å². The Morgan fingerprint density at radius 3 is 3.00 bits per heavy atom. The molecule has 0 bridgehead atoms. The number of aromatic amines is 1. The molecule has 0 aliphatic carbocycles. The third-order valence-electron chi connectivity index (χ3n) is 5.15. The van der Waals surface area contributed by atoms with Crippen LogP contribution >= 0.6 is 0 Å². The summed E-state index contributed by atoms with van der Waals surface area (Å²) < 4.78 is 12.1. The van der Waals surface area contributed by atoms with Gasteiger partial charge in [0.05, 0.1) is 19.3 Å². The number of benzene rings is 1. The summed E-state index contributed by atoms with van der Waals surface area (Å²) in [4.78, 5) is 9.88. The monoisotopic (exact) mass is 313 g/mol. The van der Waals surface area contributed by atoms with Crippen molar-refractivity contribution in [2.24, 2.45) is 0 Å². The Bertz CT molecular complexity index is 631. The molecule has 5 nitrogen and oxygen atoms in total. The molecule has 2 saturated heterocycles. The van der Waals surface area contributed by atoms with Crippen LogP contribution in [0.3, 0.4) is 0 Å². The first kappa shape index (κ1) is 14.9. The van der Waals surface area contributed by atoms with Crippen LogP contribution in [0.1, 0.15) is 23.7 Å². The Labute approximate surface area is 136 Å². The highest BCUT2D eigenvalue weighted by Crippen LogP contribution is 2.43. The minimum atomic E-state index is -0.193. The van der Waals surface area contributed by atoms with Crippen LogP contribution in [-0.2, 0) is 16.0 Å². The molecule has 3 atom stereocenters. The molecule has 4 rings (SSSR count). The van der Waals surface area contributed by atoms with Gasteiger partial charge in [0.15, 0.2) is 0 Å². The first-order chi connectivity index (χ1) is 11.3. The maximum atomic E-state index is 6.32. The second-order valence-corrected chi connectivity index (χ2v) is 6.62. The van der Waals surface area contributed by atoms with Crippen molar-refractivity contribution in [3.8, 4) is 0 Å². The molecule has 0 radical (unpaired) electrons. The van der Waals surface area contributed by atoms with Gasteiger partial charge in [0, 0.05) is 38.5 Å². The second-order valence-electron chi connectivity index (χ2n) is 6.62. The molecule has 2 aliphatic heterocycles. The third-order valence-corrected chi connectivity index (χ3v) is 5.15. The van der Waals surface area contributed by atoms with Crippen molar-refractivity contribution in [2.45, 2.75) is 30.6 Å². The molecule has 23 heavy (non-hydrogen) atoms. The van der Waals surface area contributed by atoms with Crippen LogP contribution < -0.4 is 0 Å². The Balaban J connectivity index is 1.49. The standard InChI is InChI=1S/C18H23N3O2/c1-22-16-10-21(11-17-19-7-8-20-17)13-18(16)9-15(12-23-18)14-5-3-2-4-6-14/h2-8,15-16H,9-13H2,1H3,(H,19,20)/t15-,16+,18+/m0/s1. The van der Waals surface area contributed by atoms with Gasteiger partial charge in [-0.05, 0) is 12.0 Å². The predicted molar refractivity (Wildman–Crippen MR) is 87.1 cm³/mol. The largest absolute Gasteiger partial charge is 0.377 e. The molecule has 2 fully saturated rings.